The van der Waals surface area contributed by atoms with Gasteiger partial charge in [-0.15, -0.1) is 0 Å². The van der Waals surface area contributed by atoms with Crippen LogP contribution in [0.25, 0.3) is 6.08 Å². The summed E-state index contributed by atoms with van der Waals surface area (Å²) in [6.07, 6.45) is 6.80. The second kappa shape index (κ2) is 5.16. The van der Waals surface area contributed by atoms with Crippen LogP contribution in [0, 0.1) is 17.3 Å². The Morgan fingerprint density at radius 3 is 2.11 bits per heavy atom. The van der Waals surface area contributed by atoms with Crippen LogP contribution in [-0.4, -0.2) is 0 Å². The molecule has 92 valence electrons. The third-order valence-corrected chi connectivity index (χ3v) is 3.41. The fourth-order valence-corrected chi connectivity index (χ4v) is 2.01. The van der Waals surface area contributed by atoms with E-state index < -0.39 is 0 Å². The highest BCUT2D eigenvalue weighted by molar-refractivity contribution is 5.53. The van der Waals surface area contributed by atoms with Crippen LogP contribution in [0.15, 0.2) is 66.7 Å². The minimum Gasteiger partial charge on any atom is -0.0869 e. The SMILES string of the molecule is C(#CC1(/C=C\c2ccccc2)CC1)c1ccccc1. The second-order valence-electron chi connectivity index (χ2n) is 5.02. The van der Waals surface area contributed by atoms with Crippen LogP contribution >= 0.6 is 0 Å². The predicted molar refractivity (Wildman–Crippen MR) is 80.5 cm³/mol. The minimum absolute atomic E-state index is 0.117. The molecule has 0 aliphatic heterocycles. The summed E-state index contributed by atoms with van der Waals surface area (Å²) in [5, 5.41) is 0. The number of hydrogen-bond acceptors (Lipinski definition) is 0. The number of hydrogen-bond donors (Lipinski definition) is 0. The van der Waals surface area contributed by atoms with E-state index in [-0.39, 0.29) is 5.41 Å². The van der Waals surface area contributed by atoms with Crippen molar-refractivity contribution in [3.8, 4) is 11.8 Å². The Morgan fingerprint density at radius 2 is 1.47 bits per heavy atom. The van der Waals surface area contributed by atoms with Crippen molar-refractivity contribution >= 4 is 6.08 Å². The molecule has 1 saturated carbocycles. The smallest absolute Gasteiger partial charge is 0.0502 e. The van der Waals surface area contributed by atoms with E-state index >= 15 is 0 Å². The summed E-state index contributed by atoms with van der Waals surface area (Å²) < 4.78 is 0. The van der Waals surface area contributed by atoms with Gasteiger partial charge in [0.2, 0.25) is 0 Å². The van der Waals surface area contributed by atoms with Gasteiger partial charge < -0.3 is 0 Å². The normalized spacial score (nSPS) is 15.8. The van der Waals surface area contributed by atoms with Crippen LogP contribution in [0.3, 0.4) is 0 Å². The summed E-state index contributed by atoms with van der Waals surface area (Å²) in [5.41, 5.74) is 2.46. The number of allylic oxidation sites excluding steroid dienone is 1. The van der Waals surface area contributed by atoms with E-state index in [1.807, 2.05) is 24.3 Å². The van der Waals surface area contributed by atoms with Gasteiger partial charge in [0.25, 0.3) is 0 Å². The predicted octanol–water partition coefficient (Wildman–Crippen LogP) is 4.53. The van der Waals surface area contributed by atoms with Crippen molar-refractivity contribution in [1.29, 1.82) is 0 Å². The zero-order valence-corrected chi connectivity index (χ0v) is 10.8. The van der Waals surface area contributed by atoms with E-state index in [4.69, 9.17) is 0 Å². The van der Waals surface area contributed by atoms with E-state index in [2.05, 4.69) is 60.4 Å². The summed E-state index contributed by atoms with van der Waals surface area (Å²) in [6, 6.07) is 20.6. The molecule has 1 fully saturated rings. The van der Waals surface area contributed by atoms with E-state index in [1.165, 1.54) is 18.4 Å². The minimum atomic E-state index is 0.117. The molecule has 0 bridgehead atoms. The molecule has 0 unspecified atom stereocenters. The molecule has 0 saturated heterocycles. The molecular weight excluding hydrogens is 228 g/mol. The lowest BCUT2D eigenvalue weighted by molar-refractivity contribution is 0.904. The molecule has 1 aliphatic carbocycles. The highest BCUT2D eigenvalue weighted by Crippen LogP contribution is 2.46. The largest absolute Gasteiger partial charge is 0.0869 e. The van der Waals surface area contributed by atoms with Gasteiger partial charge in [-0.1, -0.05) is 72.5 Å². The van der Waals surface area contributed by atoms with Crippen molar-refractivity contribution in [2.24, 2.45) is 5.41 Å². The van der Waals surface area contributed by atoms with Gasteiger partial charge in [-0.2, -0.15) is 0 Å². The second-order valence-corrected chi connectivity index (χ2v) is 5.02. The Kier molecular flexibility index (Phi) is 3.21. The van der Waals surface area contributed by atoms with Gasteiger partial charge in [-0.3, -0.25) is 0 Å². The van der Waals surface area contributed by atoms with Crippen LogP contribution in [0.1, 0.15) is 24.0 Å². The topological polar surface area (TPSA) is 0 Å². The molecule has 0 atom stereocenters. The van der Waals surface area contributed by atoms with Gasteiger partial charge in [0.15, 0.2) is 0 Å². The summed E-state index contributed by atoms with van der Waals surface area (Å²) in [7, 11) is 0. The first kappa shape index (κ1) is 11.8. The Balaban J connectivity index is 1.75. The summed E-state index contributed by atoms with van der Waals surface area (Å²) >= 11 is 0. The van der Waals surface area contributed by atoms with Crippen LogP contribution < -0.4 is 0 Å². The van der Waals surface area contributed by atoms with Crippen molar-refractivity contribution < 1.29 is 0 Å². The highest BCUT2D eigenvalue weighted by Gasteiger charge is 2.38. The lowest BCUT2D eigenvalue weighted by Gasteiger charge is -1.99. The Hall–Kier alpha value is -2.26. The average Bonchev–Trinajstić information content (AvgIpc) is 3.26. The molecule has 0 aromatic heterocycles. The van der Waals surface area contributed by atoms with Gasteiger partial charge in [0.1, 0.15) is 0 Å². The standard InChI is InChI=1S/C19H16/c1-3-7-17(8-4-1)11-13-19(15-16-19)14-12-18-9-5-2-6-10-18/h1-11,13H,15-16H2/b13-11-. The monoisotopic (exact) mass is 244 g/mol. The molecule has 1 aliphatic rings. The zero-order valence-electron chi connectivity index (χ0n) is 10.8. The van der Waals surface area contributed by atoms with Crippen molar-refractivity contribution in [1.82, 2.24) is 0 Å². The summed E-state index contributed by atoms with van der Waals surface area (Å²) in [5.74, 6) is 6.70. The van der Waals surface area contributed by atoms with Gasteiger partial charge in [0, 0.05) is 5.56 Å². The third-order valence-electron chi connectivity index (χ3n) is 3.41. The lowest BCUT2D eigenvalue weighted by Crippen LogP contribution is -1.89. The van der Waals surface area contributed by atoms with E-state index in [1.54, 1.807) is 0 Å². The Morgan fingerprint density at radius 1 is 0.842 bits per heavy atom. The van der Waals surface area contributed by atoms with Crippen LogP contribution in [0.5, 0.6) is 0 Å². The molecule has 0 radical (unpaired) electrons. The first-order chi connectivity index (χ1) is 9.36. The Labute approximate surface area is 114 Å². The fourth-order valence-electron chi connectivity index (χ4n) is 2.01. The Bertz CT molecular complexity index is 620. The summed E-state index contributed by atoms with van der Waals surface area (Å²) in [4.78, 5) is 0. The molecule has 0 amide bonds. The van der Waals surface area contributed by atoms with Crippen LogP contribution in [0.2, 0.25) is 0 Å². The number of rotatable bonds is 2. The quantitative estimate of drug-likeness (QED) is 0.681. The van der Waals surface area contributed by atoms with Crippen molar-refractivity contribution in [3.05, 3.63) is 77.9 Å². The molecule has 2 aromatic rings. The molecule has 0 nitrogen and oxygen atoms in total. The van der Waals surface area contributed by atoms with Crippen molar-refractivity contribution in [2.75, 3.05) is 0 Å². The molecule has 0 N–H and O–H groups in total. The van der Waals surface area contributed by atoms with Gasteiger partial charge in [-0.25, -0.2) is 0 Å². The van der Waals surface area contributed by atoms with Gasteiger partial charge in [0.05, 0.1) is 5.41 Å². The lowest BCUT2D eigenvalue weighted by atomic mass is 10.0. The molecular formula is C19H16. The molecule has 0 heterocycles. The maximum Gasteiger partial charge on any atom is 0.0502 e. The number of benzene rings is 2. The highest BCUT2D eigenvalue weighted by atomic mass is 14.4. The molecule has 19 heavy (non-hydrogen) atoms. The van der Waals surface area contributed by atoms with Gasteiger partial charge >= 0.3 is 0 Å². The third kappa shape index (κ3) is 3.14. The first-order valence-corrected chi connectivity index (χ1v) is 6.69. The molecule has 0 heteroatoms. The van der Waals surface area contributed by atoms with Gasteiger partial charge in [-0.05, 0) is 30.5 Å². The van der Waals surface area contributed by atoms with Crippen molar-refractivity contribution in [3.63, 3.8) is 0 Å². The van der Waals surface area contributed by atoms with E-state index in [9.17, 15) is 0 Å². The molecule has 3 rings (SSSR count). The zero-order chi connectivity index (χ0) is 13.0. The maximum atomic E-state index is 3.42. The van der Waals surface area contributed by atoms with Crippen molar-refractivity contribution in [2.45, 2.75) is 12.8 Å². The summed E-state index contributed by atoms with van der Waals surface area (Å²) in [6.45, 7) is 0. The van der Waals surface area contributed by atoms with Crippen LogP contribution in [-0.2, 0) is 0 Å². The fraction of sp³-hybridized carbons (Fsp3) is 0.158. The average molecular weight is 244 g/mol. The molecule has 0 spiro atoms. The van der Waals surface area contributed by atoms with E-state index in [0.717, 1.165) is 5.56 Å². The maximum absolute atomic E-state index is 3.42. The van der Waals surface area contributed by atoms with E-state index in [0.29, 0.717) is 0 Å². The molecule has 2 aromatic carbocycles. The first-order valence-electron chi connectivity index (χ1n) is 6.69. The van der Waals surface area contributed by atoms with Crippen LogP contribution in [0.4, 0.5) is 0 Å².